The van der Waals surface area contributed by atoms with Crippen molar-refractivity contribution in [3.8, 4) is 5.75 Å². The lowest BCUT2D eigenvalue weighted by molar-refractivity contribution is -0.133. The lowest BCUT2D eigenvalue weighted by Crippen LogP contribution is -2.39. The molecule has 0 saturated carbocycles. The Kier molecular flexibility index (Phi) is 7.04. The highest BCUT2D eigenvalue weighted by Crippen LogP contribution is 2.24. The summed E-state index contributed by atoms with van der Waals surface area (Å²) in [6, 6.07) is 10.7. The van der Waals surface area contributed by atoms with Crippen LogP contribution in [0.3, 0.4) is 0 Å². The Bertz CT molecular complexity index is 917. The Labute approximate surface area is 181 Å². The molecule has 1 fully saturated rings. The molecular weight excluding hydrogens is 411 g/mol. The number of rotatable bonds is 4. The van der Waals surface area contributed by atoms with Crippen LogP contribution in [0.25, 0.3) is 0 Å². The molecule has 0 aromatic heterocycles. The molecule has 0 aliphatic carbocycles. The summed E-state index contributed by atoms with van der Waals surface area (Å²) in [5.74, 6) is 0.545. The van der Waals surface area contributed by atoms with Gasteiger partial charge in [0.05, 0.1) is 10.0 Å². The molecule has 0 spiro atoms. The number of amides is 2. The topological polar surface area (TPSA) is 49.9 Å². The van der Waals surface area contributed by atoms with Crippen molar-refractivity contribution in [1.82, 2.24) is 9.80 Å². The molecule has 0 N–H and O–H groups in total. The smallest absolute Gasteiger partial charge is 0.260 e. The average Bonchev–Trinajstić information content (AvgIpc) is 2.97. The van der Waals surface area contributed by atoms with E-state index in [1.54, 1.807) is 28.0 Å². The molecule has 0 bridgehead atoms. The van der Waals surface area contributed by atoms with E-state index in [0.717, 1.165) is 16.9 Å². The first-order valence-electron chi connectivity index (χ1n) is 9.58. The lowest BCUT2D eigenvalue weighted by atomic mass is 10.1. The van der Waals surface area contributed by atoms with Crippen LogP contribution >= 0.6 is 23.2 Å². The minimum Gasteiger partial charge on any atom is -0.483 e. The monoisotopic (exact) mass is 434 g/mol. The summed E-state index contributed by atoms with van der Waals surface area (Å²) in [6.45, 7) is 6.11. The molecule has 7 heteroatoms. The Morgan fingerprint density at radius 1 is 0.966 bits per heavy atom. The lowest BCUT2D eigenvalue weighted by Gasteiger charge is -2.22. The maximum atomic E-state index is 12.8. The summed E-state index contributed by atoms with van der Waals surface area (Å²) in [4.78, 5) is 28.9. The Morgan fingerprint density at radius 2 is 1.69 bits per heavy atom. The van der Waals surface area contributed by atoms with Crippen molar-refractivity contribution in [1.29, 1.82) is 0 Å². The maximum Gasteiger partial charge on any atom is 0.260 e. The van der Waals surface area contributed by atoms with Gasteiger partial charge >= 0.3 is 0 Å². The Morgan fingerprint density at radius 3 is 2.45 bits per heavy atom. The molecule has 0 radical (unpaired) electrons. The van der Waals surface area contributed by atoms with E-state index in [1.807, 2.05) is 32.0 Å². The largest absolute Gasteiger partial charge is 0.483 e. The van der Waals surface area contributed by atoms with Gasteiger partial charge in [-0.2, -0.15) is 0 Å². The predicted molar refractivity (Wildman–Crippen MR) is 115 cm³/mol. The Balaban J connectivity index is 1.57. The van der Waals surface area contributed by atoms with Crippen molar-refractivity contribution < 1.29 is 14.3 Å². The molecule has 1 aliphatic rings. The van der Waals surface area contributed by atoms with Gasteiger partial charge in [-0.15, -0.1) is 0 Å². The first-order valence-corrected chi connectivity index (χ1v) is 10.3. The zero-order valence-electron chi connectivity index (χ0n) is 16.6. The van der Waals surface area contributed by atoms with Gasteiger partial charge in [-0.25, -0.2) is 0 Å². The second-order valence-electron chi connectivity index (χ2n) is 7.14. The third kappa shape index (κ3) is 5.22. The van der Waals surface area contributed by atoms with E-state index < -0.39 is 0 Å². The number of aryl methyl sites for hydroxylation is 1. The van der Waals surface area contributed by atoms with Gasteiger partial charge in [-0.1, -0.05) is 35.3 Å². The van der Waals surface area contributed by atoms with Gasteiger partial charge in [0, 0.05) is 31.7 Å². The maximum absolute atomic E-state index is 12.8. The summed E-state index contributed by atoms with van der Waals surface area (Å²) in [5.41, 5.74) is 2.66. The van der Waals surface area contributed by atoms with Gasteiger partial charge < -0.3 is 14.5 Å². The molecule has 1 heterocycles. The van der Waals surface area contributed by atoms with Gasteiger partial charge in [-0.3, -0.25) is 9.59 Å². The fourth-order valence-electron chi connectivity index (χ4n) is 3.29. The fraction of sp³-hybridized carbons (Fsp3) is 0.364. The van der Waals surface area contributed by atoms with E-state index in [0.29, 0.717) is 48.2 Å². The van der Waals surface area contributed by atoms with Crippen LogP contribution < -0.4 is 4.74 Å². The molecule has 1 saturated heterocycles. The molecule has 1 aliphatic heterocycles. The zero-order valence-corrected chi connectivity index (χ0v) is 18.1. The number of carbonyl (C=O) groups is 2. The SMILES string of the molecule is Cc1cccc(OCC(=O)N2CCCN(C(=O)c3ccc(Cl)c(Cl)c3)CC2)c1C. The summed E-state index contributed by atoms with van der Waals surface area (Å²) < 4.78 is 5.74. The van der Waals surface area contributed by atoms with Crippen molar-refractivity contribution in [3.63, 3.8) is 0 Å². The highest BCUT2D eigenvalue weighted by atomic mass is 35.5. The number of ether oxygens (including phenoxy) is 1. The third-order valence-corrected chi connectivity index (χ3v) is 5.95. The van der Waals surface area contributed by atoms with Crippen LogP contribution in [0, 0.1) is 13.8 Å². The van der Waals surface area contributed by atoms with Crippen LogP contribution in [0.4, 0.5) is 0 Å². The van der Waals surface area contributed by atoms with Gasteiger partial charge in [0.15, 0.2) is 6.61 Å². The van der Waals surface area contributed by atoms with Crippen molar-refractivity contribution in [2.24, 2.45) is 0 Å². The normalized spacial score (nSPS) is 14.5. The molecule has 2 aromatic carbocycles. The van der Waals surface area contributed by atoms with E-state index in [-0.39, 0.29) is 18.4 Å². The number of hydrogen-bond donors (Lipinski definition) is 0. The number of nitrogens with zero attached hydrogens (tertiary/aromatic N) is 2. The minimum absolute atomic E-state index is 0.00890. The summed E-state index contributed by atoms with van der Waals surface area (Å²) in [7, 11) is 0. The van der Waals surface area contributed by atoms with Gasteiger partial charge in [0.2, 0.25) is 0 Å². The van der Waals surface area contributed by atoms with E-state index >= 15 is 0 Å². The van der Waals surface area contributed by atoms with Crippen LogP contribution in [-0.2, 0) is 4.79 Å². The number of hydrogen-bond acceptors (Lipinski definition) is 3. The van der Waals surface area contributed by atoms with Crippen LogP contribution in [0.1, 0.15) is 27.9 Å². The second-order valence-corrected chi connectivity index (χ2v) is 7.96. The van der Waals surface area contributed by atoms with Crippen molar-refractivity contribution >= 4 is 35.0 Å². The molecule has 5 nitrogen and oxygen atoms in total. The van der Waals surface area contributed by atoms with E-state index in [1.165, 1.54) is 0 Å². The Hall–Kier alpha value is -2.24. The van der Waals surface area contributed by atoms with Gasteiger partial charge in [0.25, 0.3) is 11.8 Å². The molecule has 0 unspecified atom stereocenters. The average molecular weight is 435 g/mol. The second kappa shape index (κ2) is 9.51. The van der Waals surface area contributed by atoms with E-state index in [4.69, 9.17) is 27.9 Å². The number of carbonyl (C=O) groups excluding carboxylic acids is 2. The first kappa shape index (κ1) is 21.5. The molecular formula is C22H24Cl2N2O3. The predicted octanol–water partition coefficient (Wildman–Crippen LogP) is 4.36. The molecule has 154 valence electrons. The summed E-state index contributed by atoms with van der Waals surface area (Å²) >= 11 is 12.0. The number of benzene rings is 2. The molecule has 0 atom stereocenters. The quantitative estimate of drug-likeness (QED) is 0.717. The van der Waals surface area contributed by atoms with Crippen molar-refractivity contribution in [3.05, 3.63) is 63.1 Å². The van der Waals surface area contributed by atoms with Crippen LogP contribution in [-0.4, -0.2) is 54.4 Å². The third-order valence-electron chi connectivity index (χ3n) is 5.21. The van der Waals surface area contributed by atoms with Crippen molar-refractivity contribution in [2.75, 3.05) is 32.8 Å². The highest BCUT2D eigenvalue weighted by molar-refractivity contribution is 6.42. The molecule has 3 rings (SSSR count). The summed E-state index contributed by atoms with van der Waals surface area (Å²) in [6.07, 6.45) is 0.711. The first-order chi connectivity index (χ1) is 13.9. The summed E-state index contributed by atoms with van der Waals surface area (Å²) in [5, 5.41) is 0.771. The van der Waals surface area contributed by atoms with Crippen LogP contribution in [0.2, 0.25) is 10.0 Å². The van der Waals surface area contributed by atoms with Crippen LogP contribution in [0.15, 0.2) is 36.4 Å². The van der Waals surface area contributed by atoms with Crippen LogP contribution in [0.5, 0.6) is 5.75 Å². The van der Waals surface area contributed by atoms with Gasteiger partial charge in [0.1, 0.15) is 5.75 Å². The standard InChI is InChI=1S/C22H24Cl2N2O3/c1-15-5-3-6-20(16(15)2)29-14-21(27)25-9-4-10-26(12-11-25)22(28)17-7-8-18(23)19(24)13-17/h3,5-8,13H,4,9-12,14H2,1-2H3. The fourth-order valence-corrected chi connectivity index (χ4v) is 3.59. The molecule has 2 amide bonds. The van der Waals surface area contributed by atoms with E-state index in [9.17, 15) is 9.59 Å². The highest BCUT2D eigenvalue weighted by Gasteiger charge is 2.23. The van der Waals surface area contributed by atoms with Crippen molar-refractivity contribution in [2.45, 2.75) is 20.3 Å². The van der Waals surface area contributed by atoms with Gasteiger partial charge in [-0.05, 0) is 55.7 Å². The molecule has 2 aromatic rings. The van der Waals surface area contributed by atoms with E-state index in [2.05, 4.69) is 0 Å². The minimum atomic E-state index is -0.107. The number of halogens is 2. The molecule has 29 heavy (non-hydrogen) atoms. The zero-order chi connectivity index (χ0) is 21.0.